The maximum Gasteiger partial charge on any atom is 0.156 e. The van der Waals surface area contributed by atoms with Crippen LogP contribution in [0.4, 0.5) is 11.4 Å². The molecule has 8 heteroatoms. The van der Waals surface area contributed by atoms with Crippen LogP contribution in [0.25, 0.3) is 0 Å². The monoisotopic (exact) mass is 448 g/mol. The Labute approximate surface area is 179 Å². The quantitative estimate of drug-likeness (QED) is 0.345. The molecular formula is C19H20Cl4N2O2. The van der Waals surface area contributed by atoms with E-state index >= 15 is 0 Å². The van der Waals surface area contributed by atoms with Crippen molar-refractivity contribution in [2.45, 2.75) is 0 Å². The van der Waals surface area contributed by atoms with Gasteiger partial charge in [-0.2, -0.15) is 0 Å². The molecule has 0 saturated carbocycles. The van der Waals surface area contributed by atoms with Gasteiger partial charge in [-0.3, -0.25) is 4.99 Å². The number of nitrogens with zero attached hydrogens (tertiary/aromatic N) is 2. The Morgan fingerprint density at radius 2 is 1.59 bits per heavy atom. The van der Waals surface area contributed by atoms with Crippen LogP contribution in [0.1, 0.15) is 5.56 Å². The van der Waals surface area contributed by atoms with E-state index in [0.29, 0.717) is 46.3 Å². The van der Waals surface area contributed by atoms with Crippen LogP contribution in [0.15, 0.2) is 35.3 Å². The van der Waals surface area contributed by atoms with Crippen molar-refractivity contribution < 1.29 is 9.47 Å². The number of hydrogen-bond donors (Lipinski definition) is 0. The third kappa shape index (κ3) is 5.82. The van der Waals surface area contributed by atoms with Crippen molar-refractivity contribution >= 4 is 64.0 Å². The fourth-order valence-corrected chi connectivity index (χ4v) is 3.60. The molecule has 0 atom stereocenters. The first-order valence-corrected chi connectivity index (χ1v) is 9.98. The number of halogens is 4. The van der Waals surface area contributed by atoms with Gasteiger partial charge in [-0.1, -0.05) is 29.3 Å². The number of aliphatic imine (C=N–C) groups is 1. The van der Waals surface area contributed by atoms with Crippen LogP contribution >= 0.6 is 46.4 Å². The predicted molar refractivity (Wildman–Crippen MR) is 117 cm³/mol. The normalized spacial score (nSPS) is 11.0. The zero-order valence-corrected chi connectivity index (χ0v) is 18.0. The first-order valence-electron chi connectivity index (χ1n) is 8.16. The summed E-state index contributed by atoms with van der Waals surface area (Å²) in [5, 5.41) is 0.811. The number of methoxy groups -OCH3 is 2. The Hall–Kier alpha value is -1.33. The van der Waals surface area contributed by atoms with Gasteiger partial charge in [0.25, 0.3) is 0 Å². The second-order valence-electron chi connectivity index (χ2n) is 5.50. The van der Waals surface area contributed by atoms with Crippen LogP contribution in [0.5, 0.6) is 11.5 Å². The molecule has 0 amide bonds. The summed E-state index contributed by atoms with van der Waals surface area (Å²) in [4.78, 5) is 6.52. The summed E-state index contributed by atoms with van der Waals surface area (Å²) in [6.45, 7) is 1.36. The zero-order chi connectivity index (χ0) is 19.8. The fourth-order valence-electron chi connectivity index (χ4n) is 2.56. The predicted octanol–water partition coefficient (Wildman–Crippen LogP) is 6.05. The van der Waals surface area contributed by atoms with E-state index in [4.69, 9.17) is 55.9 Å². The van der Waals surface area contributed by atoms with Crippen LogP contribution < -0.4 is 14.4 Å². The largest absolute Gasteiger partial charge is 0.495 e. The van der Waals surface area contributed by atoms with Gasteiger partial charge in [-0.15, -0.1) is 23.2 Å². The van der Waals surface area contributed by atoms with Gasteiger partial charge in [0.1, 0.15) is 5.75 Å². The number of anilines is 1. The topological polar surface area (TPSA) is 34.1 Å². The van der Waals surface area contributed by atoms with Gasteiger partial charge in [0.15, 0.2) is 5.75 Å². The van der Waals surface area contributed by atoms with E-state index in [-0.39, 0.29) is 0 Å². The molecular weight excluding hydrogens is 430 g/mol. The molecule has 0 spiro atoms. The van der Waals surface area contributed by atoms with Crippen molar-refractivity contribution in [3.05, 3.63) is 45.9 Å². The lowest BCUT2D eigenvalue weighted by Gasteiger charge is -2.25. The molecule has 0 unspecified atom stereocenters. The highest BCUT2D eigenvalue weighted by Crippen LogP contribution is 2.36. The molecule has 0 bridgehead atoms. The van der Waals surface area contributed by atoms with Crippen LogP contribution in [0, 0.1) is 0 Å². The second kappa shape index (κ2) is 10.9. The van der Waals surface area contributed by atoms with Gasteiger partial charge in [0.05, 0.1) is 35.6 Å². The summed E-state index contributed by atoms with van der Waals surface area (Å²) in [5.74, 6) is 2.16. The molecule has 2 aromatic carbocycles. The van der Waals surface area contributed by atoms with Gasteiger partial charge in [-0.25, -0.2) is 0 Å². The van der Waals surface area contributed by atoms with Gasteiger partial charge in [0.2, 0.25) is 0 Å². The Bertz CT molecular complexity index is 770. The molecule has 0 aliphatic rings. The highest BCUT2D eigenvalue weighted by molar-refractivity contribution is 6.37. The van der Waals surface area contributed by atoms with Crippen LogP contribution in [0.2, 0.25) is 10.0 Å². The maximum atomic E-state index is 6.15. The maximum absolute atomic E-state index is 6.15. The number of rotatable bonds is 9. The number of alkyl halides is 2. The lowest BCUT2D eigenvalue weighted by atomic mass is 10.2. The Balaban J connectivity index is 2.28. The lowest BCUT2D eigenvalue weighted by molar-refractivity contribution is 0.414. The van der Waals surface area contributed by atoms with Crippen molar-refractivity contribution in [3.63, 3.8) is 0 Å². The van der Waals surface area contributed by atoms with Crippen LogP contribution in [0.3, 0.4) is 0 Å². The lowest BCUT2D eigenvalue weighted by Crippen LogP contribution is -2.28. The van der Waals surface area contributed by atoms with E-state index in [0.717, 1.165) is 17.0 Å². The molecule has 146 valence electrons. The van der Waals surface area contributed by atoms with E-state index in [1.165, 1.54) is 7.11 Å². The Morgan fingerprint density at radius 3 is 2.11 bits per heavy atom. The molecule has 0 aliphatic heterocycles. The zero-order valence-electron chi connectivity index (χ0n) is 15.0. The third-order valence-electron chi connectivity index (χ3n) is 3.80. The summed E-state index contributed by atoms with van der Waals surface area (Å²) < 4.78 is 10.7. The fraction of sp³-hybridized carbons (Fsp3) is 0.316. The Kier molecular flexibility index (Phi) is 8.84. The van der Waals surface area contributed by atoms with Gasteiger partial charge in [0, 0.05) is 31.1 Å². The Morgan fingerprint density at radius 1 is 0.963 bits per heavy atom. The van der Waals surface area contributed by atoms with Crippen molar-refractivity contribution in [1.29, 1.82) is 0 Å². The standard InChI is InChI=1S/C19H20Cl4N2O2/c1-26-18-9-13(3-4-17(18)25(7-5-20)8-6-21)12-24-14-10-15(22)19(27-2)16(23)11-14/h3-4,9-12H,5-8H2,1-2H3. The molecule has 27 heavy (non-hydrogen) atoms. The highest BCUT2D eigenvalue weighted by Gasteiger charge is 2.12. The van der Waals surface area contributed by atoms with Gasteiger partial charge < -0.3 is 14.4 Å². The van der Waals surface area contributed by atoms with Gasteiger partial charge in [-0.05, 0) is 29.8 Å². The number of ether oxygens (including phenoxy) is 2. The minimum absolute atomic E-state index is 0.405. The molecule has 0 aliphatic carbocycles. The van der Waals surface area contributed by atoms with E-state index in [9.17, 15) is 0 Å². The minimum atomic E-state index is 0.405. The van der Waals surface area contributed by atoms with Crippen molar-refractivity contribution in [3.8, 4) is 11.5 Å². The van der Waals surface area contributed by atoms with Gasteiger partial charge >= 0.3 is 0 Å². The van der Waals surface area contributed by atoms with Crippen molar-refractivity contribution in [2.75, 3.05) is 44.0 Å². The molecule has 0 radical (unpaired) electrons. The molecule has 2 aromatic rings. The molecule has 0 saturated heterocycles. The van der Waals surface area contributed by atoms with E-state index in [1.54, 1.807) is 25.5 Å². The minimum Gasteiger partial charge on any atom is -0.495 e. The highest BCUT2D eigenvalue weighted by atomic mass is 35.5. The summed E-state index contributed by atoms with van der Waals surface area (Å²) in [6, 6.07) is 9.20. The summed E-state index contributed by atoms with van der Waals surface area (Å²) in [7, 11) is 3.14. The second-order valence-corrected chi connectivity index (χ2v) is 7.07. The molecule has 0 heterocycles. The summed E-state index contributed by atoms with van der Waals surface area (Å²) in [5.41, 5.74) is 2.43. The van der Waals surface area contributed by atoms with Crippen LogP contribution in [-0.4, -0.2) is 45.3 Å². The van der Waals surface area contributed by atoms with E-state index in [2.05, 4.69) is 9.89 Å². The summed E-state index contributed by atoms with van der Waals surface area (Å²) >= 11 is 24.1. The third-order valence-corrected chi connectivity index (χ3v) is 4.70. The first-order chi connectivity index (χ1) is 13.0. The average molecular weight is 450 g/mol. The molecule has 0 N–H and O–H groups in total. The smallest absolute Gasteiger partial charge is 0.156 e. The van der Waals surface area contributed by atoms with Crippen LogP contribution in [-0.2, 0) is 0 Å². The van der Waals surface area contributed by atoms with E-state index in [1.807, 2.05) is 18.2 Å². The van der Waals surface area contributed by atoms with Crippen molar-refractivity contribution in [2.24, 2.45) is 4.99 Å². The molecule has 2 rings (SSSR count). The number of hydrogen-bond acceptors (Lipinski definition) is 4. The van der Waals surface area contributed by atoms with Crippen molar-refractivity contribution in [1.82, 2.24) is 0 Å². The average Bonchev–Trinajstić information content (AvgIpc) is 2.66. The molecule has 0 aromatic heterocycles. The summed E-state index contributed by atoms with van der Waals surface area (Å²) in [6.07, 6.45) is 1.72. The SMILES string of the molecule is COc1cc(C=Nc2cc(Cl)c(OC)c(Cl)c2)ccc1N(CCCl)CCCl. The first kappa shape index (κ1) is 22.0. The molecule has 4 nitrogen and oxygen atoms in total. The number of benzene rings is 2. The van der Waals surface area contributed by atoms with E-state index < -0.39 is 0 Å². The molecule has 0 fully saturated rings.